The molecule has 1 unspecified atom stereocenters. The van der Waals surface area contributed by atoms with Crippen LogP contribution in [0, 0.1) is 0 Å². The van der Waals surface area contributed by atoms with Gasteiger partial charge in [-0.25, -0.2) is 0 Å². The number of hydrogen-bond donors (Lipinski definition) is 1. The van der Waals surface area contributed by atoms with Crippen LogP contribution < -0.4 is 5.32 Å². The van der Waals surface area contributed by atoms with Gasteiger partial charge in [0, 0.05) is 12.8 Å². The van der Waals surface area contributed by atoms with Gasteiger partial charge in [-0.15, -0.1) is 0 Å². The third-order valence-electron chi connectivity index (χ3n) is 1.64. The second kappa shape index (κ2) is 9.37. The van der Waals surface area contributed by atoms with E-state index in [1.54, 1.807) is 6.92 Å². The van der Waals surface area contributed by atoms with Crippen molar-refractivity contribution in [3.63, 3.8) is 0 Å². The standard InChI is InChI=1S/C9H15NO3.C2H6/c1-4-9(13)10-8(7(3)12)5-6(2)11;1-2/h8H,4-5H2,1-3H3,(H,10,13);1-2H3. The van der Waals surface area contributed by atoms with Crippen LogP contribution in [0.5, 0.6) is 0 Å². The summed E-state index contributed by atoms with van der Waals surface area (Å²) in [5.41, 5.74) is 0. The lowest BCUT2D eigenvalue weighted by atomic mass is 10.1. The van der Waals surface area contributed by atoms with Crippen LogP contribution in [-0.2, 0) is 14.4 Å². The zero-order valence-electron chi connectivity index (χ0n) is 10.2. The first-order chi connectivity index (χ1) is 6.97. The summed E-state index contributed by atoms with van der Waals surface area (Å²) in [6.07, 6.45) is 0.406. The SMILES string of the molecule is CC.CCC(=O)NC(CC(C)=O)C(C)=O. The van der Waals surface area contributed by atoms with Gasteiger partial charge < -0.3 is 5.32 Å². The van der Waals surface area contributed by atoms with Crippen LogP contribution in [0.1, 0.15) is 47.5 Å². The van der Waals surface area contributed by atoms with Crippen LogP contribution in [-0.4, -0.2) is 23.5 Å². The van der Waals surface area contributed by atoms with E-state index < -0.39 is 6.04 Å². The average molecular weight is 215 g/mol. The molecule has 0 aliphatic heterocycles. The number of carbonyl (C=O) groups is 3. The van der Waals surface area contributed by atoms with E-state index in [-0.39, 0.29) is 23.9 Å². The highest BCUT2D eigenvalue weighted by molar-refractivity contribution is 5.91. The second-order valence-corrected chi connectivity index (χ2v) is 2.99. The highest BCUT2D eigenvalue weighted by atomic mass is 16.2. The summed E-state index contributed by atoms with van der Waals surface area (Å²) in [5, 5.41) is 2.49. The van der Waals surface area contributed by atoms with Crippen LogP contribution in [0.3, 0.4) is 0 Å². The van der Waals surface area contributed by atoms with Gasteiger partial charge in [0.05, 0.1) is 6.04 Å². The Morgan fingerprint density at radius 2 is 1.60 bits per heavy atom. The molecule has 0 aromatic rings. The summed E-state index contributed by atoms with van der Waals surface area (Å²) in [7, 11) is 0. The van der Waals surface area contributed by atoms with E-state index in [4.69, 9.17) is 0 Å². The fourth-order valence-corrected chi connectivity index (χ4v) is 0.880. The third-order valence-corrected chi connectivity index (χ3v) is 1.64. The minimum atomic E-state index is -0.648. The Morgan fingerprint density at radius 1 is 1.13 bits per heavy atom. The predicted molar refractivity (Wildman–Crippen MR) is 59.5 cm³/mol. The van der Waals surface area contributed by atoms with Crippen molar-refractivity contribution in [2.24, 2.45) is 0 Å². The van der Waals surface area contributed by atoms with E-state index >= 15 is 0 Å². The number of nitrogens with one attached hydrogen (secondary N) is 1. The van der Waals surface area contributed by atoms with Gasteiger partial charge in [0.15, 0.2) is 5.78 Å². The minimum absolute atomic E-state index is 0.0844. The molecule has 0 aliphatic rings. The third kappa shape index (κ3) is 9.12. The molecule has 1 N–H and O–H groups in total. The van der Waals surface area contributed by atoms with Crippen molar-refractivity contribution in [3.05, 3.63) is 0 Å². The summed E-state index contributed by atoms with van der Waals surface area (Å²) < 4.78 is 0. The van der Waals surface area contributed by atoms with Crippen LogP contribution in [0.25, 0.3) is 0 Å². The number of Topliss-reactive ketones (excluding diaryl/α,β-unsaturated/α-hetero) is 2. The van der Waals surface area contributed by atoms with Crippen LogP contribution >= 0.6 is 0 Å². The Hall–Kier alpha value is -1.19. The van der Waals surface area contributed by atoms with Crippen molar-refractivity contribution >= 4 is 17.5 Å². The number of amides is 1. The van der Waals surface area contributed by atoms with Crippen LogP contribution in [0.2, 0.25) is 0 Å². The molecular formula is C11H21NO3. The molecule has 0 saturated carbocycles. The average Bonchev–Trinajstić information content (AvgIpc) is 2.18. The van der Waals surface area contributed by atoms with E-state index in [1.807, 2.05) is 13.8 Å². The summed E-state index contributed by atoms with van der Waals surface area (Å²) in [6.45, 7) is 8.46. The van der Waals surface area contributed by atoms with Gasteiger partial charge in [-0.05, 0) is 13.8 Å². The lowest BCUT2D eigenvalue weighted by Crippen LogP contribution is -2.40. The monoisotopic (exact) mass is 215 g/mol. The van der Waals surface area contributed by atoms with Crippen molar-refractivity contribution in [2.75, 3.05) is 0 Å². The molecule has 88 valence electrons. The fraction of sp³-hybridized carbons (Fsp3) is 0.727. The normalized spacial score (nSPS) is 10.7. The maximum Gasteiger partial charge on any atom is 0.220 e. The van der Waals surface area contributed by atoms with E-state index in [0.717, 1.165) is 0 Å². The predicted octanol–water partition coefficient (Wildman–Crippen LogP) is 1.48. The molecule has 0 rings (SSSR count). The zero-order chi connectivity index (χ0) is 12.4. The van der Waals surface area contributed by atoms with E-state index in [2.05, 4.69) is 5.32 Å². The summed E-state index contributed by atoms with van der Waals surface area (Å²) in [6, 6.07) is -0.648. The fourth-order valence-electron chi connectivity index (χ4n) is 0.880. The summed E-state index contributed by atoms with van der Waals surface area (Å²) in [5.74, 6) is -0.491. The molecule has 0 spiro atoms. The van der Waals surface area contributed by atoms with Crippen LogP contribution in [0.4, 0.5) is 0 Å². The molecule has 4 heteroatoms. The Bertz CT molecular complexity index is 224. The van der Waals surface area contributed by atoms with Crippen LogP contribution in [0.15, 0.2) is 0 Å². The van der Waals surface area contributed by atoms with E-state index in [0.29, 0.717) is 6.42 Å². The number of carbonyl (C=O) groups excluding carboxylic acids is 3. The first-order valence-corrected chi connectivity index (χ1v) is 5.26. The van der Waals surface area contributed by atoms with Gasteiger partial charge in [0.25, 0.3) is 0 Å². The Balaban J connectivity index is 0. The molecule has 0 saturated heterocycles. The van der Waals surface area contributed by atoms with Crippen molar-refractivity contribution in [1.29, 1.82) is 0 Å². The highest BCUT2D eigenvalue weighted by Crippen LogP contribution is 1.95. The minimum Gasteiger partial charge on any atom is -0.346 e. The maximum absolute atomic E-state index is 11.0. The quantitative estimate of drug-likeness (QED) is 0.755. The van der Waals surface area contributed by atoms with Crippen molar-refractivity contribution < 1.29 is 14.4 Å². The Labute approximate surface area is 91.4 Å². The van der Waals surface area contributed by atoms with Crippen molar-refractivity contribution in [1.82, 2.24) is 5.32 Å². The molecule has 4 nitrogen and oxygen atoms in total. The smallest absolute Gasteiger partial charge is 0.220 e. The Morgan fingerprint density at radius 3 is 1.87 bits per heavy atom. The lowest BCUT2D eigenvalue weighted by Gasteiger charge is -2.13. The first kappa shape index (κ1) is 16.2. The number of rotatable bonds is 5. The molecule has 0 radical (unpaired) electrons. The molecule has 15 heavy (non-hydrogen) atoms. The van der Waals surface area contributed by atoms with Gasteiger partial charge in [-0.3, -0.25) is 14.4 Å². The first-order valence-electron chi connectivity index (χ1n) is 5.26. The Kier molecular flexibility index (Phi) is 10.1. The van der Waals surface area contributed by atoms with Gasteiger partial charge in [-0.2, -0.15) is 0 Å². The maximum atomic E-state index is 11.0. The van der Waals surface area contributed by atoms with E-state index in [9.17, 15) is 14.4 Å². The summed E-state index contributed by atoms with van der Waals surface area (Å²) >= 11 is 0. The molecule has 0 aromatic carbocycles. The molecule has 1 atom stereocenters. The van der Waals surface area contributed by atoms with Gasteiger partial charge in [0.2, 0.25) is 5.91 Å². The van der Waals surface area contributed by atoms with E-state index in [1.165, 1.54) is 13.8 Å². The molecule has 0 aromatic heterocycles. The molecule has 1 amide bonds. The molecule has 0 bridgehead atoms. The number of ketones is 2. The van der Waals surface area contributed by atoms with Gasteiger partial charge >= 0.3 is 0 Å². The largest absolute Gasteiger partial charge is 0.346 e. The number of hydrogen-bond acceptors (Lipinski definition) is 3. The van der Waals surface area contributed by atoms with Gasteiger partial charge in [-0.1, -0.05) is 20.8 Å². The van der Waals surface area contributed by atoms with Gasteiger partial charge in [0.1, 0.15) is 5.78 Å². The van der Waals surface area contributed by atoms with Crippen molar-refractivity contribution in [2.45, 2.75) is 53.5 Å². The zero-order valence-corrected chi connectivity index (χ0v) is 10.2. The molecule has 0 aliphatic carbocycles. The summed E-state index contributed by atoms with van der Waals surface area (Å²) in [4.78, 5) is 32.6. The van der Waals surface area contributed by atoms with Crippen molar-refractivity contribution in [3.8, 4) is 0 Å². The topological polar surface area (TPSA) is 63.2 Å². The molecule has 0 fully saturated rings. The second-order valence-electron chi connectivity index (χ2n) is 2.99. The molecular weight excluding hydrogens is 194 g/mol. The lowest BCUT2D eigenvalue weighted by molar-refractivity contribution is -0.128. The highest BCUT2D eigenvalue weighted by Gasteiger charge is 2.17. The molecule has 0 heterocycles.